The van der Waals surface area contributed by atoms with Gasteiger partial charge in [0.05, 0.1) is 28.9 Å². The van der Waals surface area contributed by atoms with Gasteiger partial charge in [0.15, 0.2) is 0 Å². The lowest BCUT2D eigenvalue weighted by Crippen LogP contribution is -2.42. The molecule has 0 atom stereocenters. The molecule has 0 unspecified atom stereocenters. The number of rotatable bonds is 2. The summed E-state index contributed by atoms with van der Waals surface area (Å²) in [6.45, 7) is -1.04. The van der Waals surface area contributed by atoms with Crippen LogP contribution >= 0.6 is 0 Å². The van der Waals surface area contributed by atoms with E-state index < -0.39 is 53.2 Å². The maximum atomic E-state index is 13.5. The number of halogens is 6. The monoisotopic (exact) mass is 445 g/mol. The van der Waals surface area contributed by atoms with Gasteiger partial charge in [-0.3, -0.25) is 4.79 Å². The normalized spacial score (nSPS) is 14.0. The van der Waals surface area contributed by atoms with Crippen LogP contribution in [-0.4, -0.2) is 28.0 Å². The van der Waals surface area contributed by atoms with Crippen molar-refractivity contribution in [3.8, 4) is 6.07 Å². The zero-order valence-electron chi connectivity index (χ0n) is 15.4. The minimum Gasteiger partial charge on any atom is -0.366 e. The zero-order chi connectivity index (χ0) is 23.1. The maximum Gasteiger partial charge on any atom is 0.432 e. The molecule has 0 aliphatic carbocycles. The Bertz CT molecular complexity index is 1080. The number of alkyl halides is 6. The number of fused-ring (bicyclic) bond motifs is 1. The second kappa shape index (κ2) is 7.53. The van der Waals surface area contributed by atoms with Crippen LogP contribution in [0.5, 0.6) is 0 Å². The van der Waals surface area contributed by atoms with Crippen LogP contribution in [-0.2, 0) is 25.4 Å². The summed E-state index contributed by atoms with van der Waals surface area (Å²) in [4.78, 5) is 25.3. The highest BCUT2D eigenvalue weighted by Gasteiger charge is 2.43. The number of hydrogen-bond acceptors (Lipinski definition) is 3. The van der Waals surface area contributed by atoms with Gasteiger partial charge in [-0.25, -0.2) is 4.79 Å². The van der Waals surface area contributed by atoms with E-state index in [2.05, 4.69) is 5.32 Å². The SMILES string of the molecule is N#Cc1c(C(N)=O)c2n(c1C(F)(F)F)CCN(C(=O)Nc1ccc(C(F)(F)F)cc1)C2. The number of nitrogens with one attached hydrogen (secondary N) is 1. The Labute approximate surface area is 170 Å². The fraction of sp³-hybridized carbons (Fsp3) is 0.278. The second-order valence-electron chi connectivity index (χ2n) is 6.60. The van der Waals surface area contributed by atoms with Gasteiger partial charge in [0.2, 0.25) is 0 Å². The van der Waals surface area contributed by atoms with E-state index >= 15 is 0 Å². The predicted octanol–water partition coefficient (Wildman–Crippen LogP) is 3.54. The van der Waals surface area contributed by atoms with Crippen molar-refractivity contribution in [1.82, 2.24) is 9.47 Å². The second-order valence-corrected chi connectivity index (χ2v) is 6.60. The summed E-state index contributed by atoms with van der Waals surface area (Å²) >= 11 is 0. The number of nitrogens with two attached hydrogens (primary N) is 1. The van der Waals surface area contributed by atoms with Crippen LogP contribution in [0.1, 0.15) is 32.9 Å². The van der Waals surface area contributed by atoms with Gasteiger partial charge in [-0.1, -0.05) is 0 Å². The highest BCUT2D eigenvalue weighted by atomic mass is 19.4. The van der Waals surface area contributed by atoms with Crippen molar-refractivity contribution in [3.05, 3.63) is 52.3 Å². The molecule has 2 aromatic rings. The Hall–Kier alpha value is -3.69. The molecule has 3 amide bonds. The fourth-order valence-electron chi connectivity index (χ4n) is 3.35. The van der Waals surface area contributed by atoms with E-state index in [0.717, 1.165) is 33.7 Å². The average molecular weight is 445 g/mol. The van der Waals surface area contributed by atoms with Crippen LogP contribution in [0, 0.1) is 11.3 Å². The molecule has 13 heteroatoms. The van der Waals surface area contributed by atoms with Crippen molar-refractivity contribution in [2.75, 3.05) is 11.9 Å². The van der Waals surface area contributed by atoms with Gasteiger partial charge in [-0.05, 0) is 24.3 Å². The first-order valence-electron chi connectivity index (χ1n) is 8.60. The summed E-state index contributed by atoms with van der Waals surface area (Å²) in [5, 5.41) is 11.5. The molecule has 2 heterocycles. The molecule has 0 spiro atoms. The van der Waals surface area contributed by atoms with Gasteiger partial charge >= 0.3 is 18.4 Å². The topological polar surface area (TPSA) is 104 Å². The Kier molecular flexibility index (Phi) is 5.35. The zero-order valence-corrected chi connectivity index (χ0v) is 15.4. The third-order valence-electron chi connectivity index (χ3n) is 4.68. The van der Waals surface area contributed by atoms with Gasteiger partial charge < -0.3 is 20.5 Å². The van der Waals surface area contributed by atoms with Gasteiger partial charge in [-0.2, -0.15) is 31.6 Å². The number of urea groups is 1. The van der Waals surface area contributed by atoms with Crippen molar-refractivity contribution in [1.29, 1.82) is 5.26 Å². The van der Waals surface area contributed by atoms with Crippen molar-refractivity contribution in [2.24, 2.45) is 5.73 Å². The van der Waals surface area contributed by atoms with Crippen molar-refractivity contribution in [3.63, 3.8) is 0 Å². The summed E-state index contributed by atoms with van der Waals surface area (Å²) in [5.41, 5.74) is 1.19. The first-order chi connectivity index (χ1) is 14.3. The van der Waals surface area contributed by atoms with Crippen LogP contribution in [0.2, 0.25) is 0 Å². The predicted molar refractivity (Wildman–Crippen MR) is 93.5 cm³/mol. The fourth-order valence-corrected chi connectivity index (χ4v) is 3.35. The van der Waals surface area contributed by atoms with Crippen molar-refractivity contribution < 1.29 is 35.9 Å². The van der Waals surface area contributed by atoms with E-state index in [9.17, 15) is 35.9 Å². The van der Waals surface area contributed by atoms with Gasteiger partial charge in [0, 0.05) is 18.8 Å². The molecular weight excluding hydrogens is 432 g/mol. The third kappa shape index (κ3) is 4.14. The van der Waals surface area contributed by atoms with Crippen molar-refractivity contribution >= 4 is 17.6 Å². The minimum atomic E-state index is -4.93. The maximum absolute atomic E-state index is 13.5. The number of aromatic nitrogens is 1. The van der Waals surface area contributed by atoms with Gasteiger partial charge in [0.25, 0.3) is 5.91 Å². The van der Waals surface area contributed by atoms with E-state index in [1.54, 1.807) is 0 Å². The Morgan fingerprint density at radius 1 is 1.03 bits per heavy atom. The van der Waals surface area contributed by atoms with E-state index in [1.165, 1.54) is 6.07 Å². The number of nitrogens with zero attached hydrogens (tertiary/aromatic N) is 3. The molecule has 1 aliphatic rings. The lowest BCUT2D eigenvalue weighted by molar-refractivity contribution is -0.144. The van der Waals surface area contributed by atoms with Crippen LogP contribution in [0.15, 0.2) is 24.3 Å². The van der Waals surface area contributed by atoms with Gasteiger partial charge in [0.1, 0.15) is 11.8 Å². The summed E-state index contributed by atoms with van der Waals surface area (Å²) in [7, 11) is 0. The first kappa shape index (κ1) is 22.0. The molecule has 1 aliphatic heterocycles. The van der Waals surface area contributed by atoms with Crippen LogP contribution in [0.4, 0.5) is 36.8 Å². The molecule has 7 nitrogen and oxygen atoms in total. The summed E-state index contributed by atoms with van der Waals surface area (Å²) in [6.07, 6.45) is -9.49. The summed E-state index contributed by atoms with van der Waals surface area (Å²) in [5.74, 6) is -1.25. The van der Waals surface area contributed by atoms with Crippen molar-refractivity contribution in [2.45, 2.75) is 25.4 Å². The van der Waals surface area contributed by atoms with E-state index in [0.29, 0.717) is 0 Å². The van der Waals surface area contributed by atoms with Crippen LogP contribution < -0.4 is 11.1 Å². The molecule has 164 valence electrons. The molecule has 3 N–H and O–H groups in total. The smallest absolute Gasteiger partial charge is 0.366 e. The molecule has 0 fully saturated rings. The van der Waals surface area contributed by atoms with E-state index in [4.69, 9.17) is 11.0 Å². The largest absolute Gasteiger partial charge is 0.432 e. The molecule has 1 aromatic heterocycles. The summed E-state index contributed by atoms with van der Waals surface area (Å²) < 4.78 is 79.0. The Balaban J connectivity index is 1.88. The number of carbonyl (C=O) groups is 2. The minimum absolute atomic E-state index is 0.0303. The molecule has 1 aromatic carbocycles. The molecule has 3 rings (SSSR count). The molecule has 0 saturated heterocycles. The molecule has 0 saturated carbocycles. The number of amides is 3. The molecular formula is C18H13F6N5O2. The van der Waals surface area contributed by atoms with E-state index in [-0.39, 0.29) is 24.5 Å². The number of nitriles is 1. The molecule has 0 radical (unpaired) electrons. The number of anilines is 1. The summed E-state index contributed by atoms with van der Waals surface area (Å²) in [6, 6.07) is 4.12. The van der Waals surface area contributed by atoms with Crippen LogP contribution in [0.3, 0.4) is 0 Å². The highest BCUT2D eigenvalue weighted by molar-refractivity contribution is 5.98. The Morgan fingerprint density at radius 2 is 1.65 bits per heavy atom. The number of benzene rings is 1. The molecule has 0 bridgehead atoms. The van der Waals surface area contributed by atoms with Crippen LogP contribution in [0.25, 0.3) is 0 Å². The average Bonchev–Trinajstić information content (AvgIpc) is 3.01. The number of primary amides is 1. The lowest BCUT2D eigenvalue weighted by Gasteiger charge is -2.30. The standard InChI is InChI=1S/C18H13F6N5O2/c19-17(20,21)9-1-3-10(4-2-9)27-16(31)28-5-6-29-12(8-28)13(15(26)30)11(7-25)14(29)18(22,23)24/h1-4H,5-6,8H2,(H2,26,30)(H,27,31). The van der Waals surface area contributed by atoms with E-state index in [1.807, 2.05) is 0 Å². The Morgan fingerprint density at radius 3 is 2.13 bits per heavy atom. The number of carbonyl (C=O) groups excluding carboxylic acids is 2. The highest BCUT2D eigenvalue weighted by Crippen LogP contribution is 2.38. The first-order valence-corrected chi connectivity index (χ1v) is 8.60. The number of hydrogen-bond donors (Lipinski definition) is 2. The molecule has 31 heavy (non-hydrogen) atoms. The van der Waals surface area contributed by atoms with Gasteiger partial charge in [-0.15, -0.1) is 0 Å². The lowest BCUT2D eigenvalue weighted by atomic mass is 10.1. The quantitative estimate of drug-likeness (QED) is 0.691. The third-order valence-corrected chi connectivity index (χ3v) is 4.68.